The fourth-order valence-corrected chi connectivity index (χ4v) is 3.39. The molecule has 1 heteroatoms. The normalized spacial score (nSPS) is 35.1. The van der Waals surface area contributed by atoms with Gasteiger partial charge in [-0.2, -0.15) is 0 Å². The molecule has 15 heavy (non-hydrogen) atoms. The summed E-state index contributed by atoms with van der Waals surface area (Å²) < 4.78 is 0. The van der Waals surface area contributed by atoms with Gasteiger partial charge in [0.25, 0.3) is 0 Å². The molecule has 1 aromatic carbocycles. The number of hydrogen-bond donors (Lipinski definition) is 0. The van der Waals surface area contributed by atoms with Gasteiger partial charge in [-0.15, -0.1) is 0 Å². The molecule has 3 rings (SSSR count). The number of rotatable bonds is 1. The average molecular weight is 201 g/mol. The SMILES string of the molecule is c1ccc(C2C3CCCN2CCC3)cc1. The van der Waals surface area contributed by atoms with Gasteiger partial charge in [-0.05, 0) is 50.3 Å². The van der Waals surface area contributed by atoms with Crippen LogP contribution in [0, 0.1) is 5.92 Å². The molecule has 0 spiro atoms. The molecule has 0 N–H and O–H groups in total. The van der Waals surface area contributed by atoms with E-state index in [0.29, 0.717) is 0 Å². The number of nitrogens with zero attached hydrogens (tertiary/aromatic N) is 1. The molecule has 2 saturated heterocycles. The van der Waals surface area contributed by atoms with Crippen LogP contribution in [0.25, 0.3) is 0 Å². The van der Waals surface area contributed by atoms with E-state index in [-0.39, 0.29) is 0 Å². The number of piperidine rings is 2. The Hall–Kier alpha value is -0.820. The van der Waals surface area contributed by atoms with Gasteiger partial charge in [-0.25, -0.2) is 0 Å². The molecule has 0 saturated carbocycles. The van der Waals surface area contributed by atoms with E-state index in [1.807, 2.05) is 0 Å². The molecular formula is C14H19N. The first kappa shape index (κ1) is 9.41. The Labute approximate surface area is 92.1 Å². The third-order valence-corrected chi connectivity index (χ3v) is 4.02. The summed E-state index contributed by atoms with van der Waals surface area (Å²) in [6.45, 7) is 2.63. The first-order valence-corrected chi connectivity index (χ1v) is 6.24. The van der Waals surface area contributed by atoms with E-state index in [0.717, 1.165) is 12.0 Å². The van der Waals surface area contributed by atoms with Crippen molar-refractivity contribution in [2.24, 2.45) is 5.92 Å². The number of fused-ring (bicyclic) bond motifs is 2. The minimum Gasteiger partial charge on any atom is -0.296 e. The quantitative estimate of drug-likeness (QED) is 0.674. The zero-order chi connectivity index (χ0) is 10.1. The highest BCUT2D eigenvalue weighted by Gasteiger charge is 2.34. The lowest BCUT2D eigenvalue weighted by Crippen LogP contribution is -2.43. The Morgan fingerprint density at radius 2 is 1.60 bits per heavy atom. The molecule has 2 fully saturated rings. The summed E-state index contributed by atoms with van der Waals surface area (Å²) >= 11 is 0. The smallest absolute Gasteiger partial charge is 0.0376 e. The Bertz CT molecular complexity index is 297. The molecule has 2 aliphatic rings. The van der Waals surface area contributed by atoms with Gasteiger partial charge in [0.2, 0.25) is 0 Å². The zero-order valence-electron chi connectivity index (χ0n) is 9.23. The first-order chi connectivity index (χ1) is 7.45. The molecule has 2 heterocycles. The van der Waals surface area contributed by atoms with Crippen LogP contribution in [0.1, 0.15) is 37.3 Å². The van der Waals surface area contributed by atoms with E-state index >= 15 is 0 Å². The Morgan fingerprint density at radius 1 is 0.933 bits per heavy atom. The lowest BCUT2D eigenvalue weighted by Gasteiger charge is -2.45. The molecular weight excluding hydrogens is 182 g/mol. The predicted octanol–water partition coefficient (Wildman–Crippen LogP) is 3.23. The van der Waals surface area contributed by atoms with E-state index < -0.39 is 0 Å². The number of benzene rings is 1. The van der Waals surface area contributed by atoms with Crippen LogP contribution < -0.4 is 0 Å². The van der Waals surface area contributed by atoms with Crippen LogP contribution in [0.3, 0.4) is 0 Å². The van der Waals surface area contributed by atoms with Crippen molar-refractivity contribution in [2.75, 3.05) is 13.1 Å². The summed E-state index contributed by atoms with van der Waals surface area (Å²) in [5.74, 6) is 0.926. The Balaban J connectivity index is 1.90. The second-order valence-corrected chi connectivity index (χ2v) is 4.94. The molecule has 0 aliphatic carbocycles. The van der Waals surface area contributed by atoms with E-state index in [1.54, 1.807) is 5.56 Å². The predicted molar refractivity (Wildman–Crippen MR) is 62.7 cm³/mol. The third kappa shape index (κ3) is 1.69. The van der Waals surface area contributed by atoms with Crippen LogP contribution in [-0.4, -0.2) is 18.0 Å². The standard InChI is InChI=1S/C14H19N/c1-2-6-12(7-3-1)14-13-8-4-10-15(14)11-5-9-13/h1-3,6-7,13-14H,4-5,8-11H2. The molecule has 1 aromatic rings. The van der Waals surface area contributed by atoms with Crippen LogP contribution in [0.2, 0.25) is 0 Å². The van der Waals surface area contributed by atoms with Crippen molar-refractivity contribution < 1.29 is 0 Å². The van der Waals surface area contributed by atoms with Gasteiger partial charge in [-0.1, -0.05) is 30.3 Å². The molecule has 2 bridgehead atoms. The highest BCUT2D eigenvalue weighted by atomic mass is 15.2. The Kier molecular flexibility index (Phi) is 2.49. The van der Waals surface area contributed by atoms with Crippen LogP contribution in [0.15, 0.2) is 30.3 Å². The molecule has 80 valence electrons. The summed E-state index contributed by atoms with van der Waals surface area (Å²) in [6.07, 6.45) is 5.70. The van der Waals surface area contributed by atoms with Crippen molar-refractivity contribution in [3.8, 4) is 0 Å². The fourth-order valence-electron chi connectivity index (χ4n) is 3.39. The minimum absolute atomic E-state index is 0.730. The molecule has 1 unspecified atom stereocenters. The summed E-state index contributed by atoms with van der Waals surface area (Å²) in [7, 11) is 0. The van der Waals surface area contributed by atoms with Crippen molar-refractivity contribution in [3.63, 3.8) is 0 Å². The van der Waals surface area contributed by atoms with E-state index in [1.165, 1.54) is 38.8 Å². The zero-order valence-corrected chi connectivity index (χ0v) is 9.23. The molecule has 2 aliphatic heterocycles. The molecule has 1 atom stereocenters. The fraction of sp³-hybridized carbons (Fsp3) is 0.571. The van der Waals surface area contributed by atoms with Crippen LogP contribution in [0.4, 0.5) is 0 Å². The lowest BCUT2D eigenvalue weighted by atomic mass is 9.79. The van der Waals surface area contributed by atoms with Gasteiger partial charge in [0.05, 0.1) is 0 Å². The van der Waals surface area contributed by atoms with E-state index in [4.69, 9.17) is 0 Å². The summed E-state index contributed by atoms with van der Waals surface area (Å²) in [6, 6.07) is 11.8. The van der Waals surface area contributed by atoms with Gasteiger partial charge >= 0.3 is 0 Å². The molecule has 0 radical (unpaired) electrons. The summed E-state index contributed by atoms with van der Waals surface area (Å²) in [4.78, 5) is 2.70. The van der Waals surface area contributed by atoms with E-state index in [2.05, 4.69) is 35.2 Å². The largest absolute Gasteiger partial charge is 0.296 e. The Morgan fingerprint density at radius 3 is 2.20 bits per heavy atom. The van der Waals surface area contributed by atoms with Crippen molar-refractivity contribution in [3.05, 3.63) is 35.9 Å². The van der Waals surface area contributed by atoms with Gasteiger partial charge in [0, 0.05) is 6.04 Å². The highest BCUT2D eigenvalue weighted by Crippen LogP contribution is 2.41. The van der Waals surface area contributed by atoms with Gasteiger partial charge in [-0.3, -0.25) is 4.90 Å². The first-order valence-electron chi connectivity index (χ1n) is 6.24. The van der Waals surface area contributed by atoms with Gasteiger partial charge in [0.1, 0.15) is 0 Å². The van der Waals surface area contributed by atoms with Crippen molar-refractivity contribution in [2.45, 2.75) is 31.7 Å². The van der Waals surface area contributed by atoms with Crippen LogP contribution in [0.5, 0.6) is 0 Å². The van der Waals surface area contributed by atoms with Crippen LogP contribution >= 0.6 is 0 Å². The maximum Gasteiger partial charge on any atom is 0.0376 e. The number of hydrogen-bond acceptors (Lipinski definition) is 1. The van der Waals surface area contributed by atoms with Crippen molar-refractivity contribution in [1.82, 2.24) is 4.90 Å². The van der Waals surface area contributed by atoms with Gasteiger partial charge in [0.15, 0.2) is 0 Å². The van der Waals surface area contributed by atoms with Crippen LogP contribution in [-0.2, 0) is 0 Å². The molecule has 0 amide bonds. The lowest BCUT2D eigenvalue weighted by molar-refractivity contribution is 0.0489. The molecule has 1 nitrogen and oxygen atoms in total. The van der Waals surface area contributed by atoms with Gasteiger partial charge < -0.3 is 0 Å². The maximum atomic E-state index is 2.70. The summed E-state index contributed by atoms with van der Waals surface area (Å²) in [5, 5.41) is 0. The minimum atomic E-state index is 0.730. The topological polar surface area (TPSA) is 3.24 Å². The van der Waals surface area contributed by atoms with Crippen molar-refractivity contribution >= 4 is 0 Å². The van der Waals surface area contributed by atoms with E-state index in [9.17, 15) is 0 Å². The monoisotopic (exact) mass is 201 g/mol. The van der Waals surface area contributed by atoms with Crippen molar-refractivity contribution in [1.29, 1.82) is 0 Å². The summed E-state index contributed by atoms with van der Waals surface area (Å²) in [5.41, 5.74) is 1.54. The highest BCUT2D eigenvalue weighted by molar-refractivity contribution is 5.21. The molecule has 0 aromatic heterocycles. The third-order valence-electron chi connectivity index (χ3n) is 4.02. The second-order valence-electron chi connectivity index (χ2n) is 4.94. The maximum absolute atomic E-state index is 2.70. The average Bonchev–Trinajstić information content (AvgIpc) is 2.29. The second kappa shape index (κ2) is 3.97.